The molecule has 628 valence electrons. The van der Waals surface area contributed by atoms with Gasteiger partial charge in [-0.3, -0.25) is 0 Å². The number of para-hydroxylation sites is 4. The zero-order valence-electron chi connectivity index (χ0n) is 61.1. The molecule has 10 aromatic rings. The minimum atomic E-state index is -0.501. The van der Waals surface area contributed by atoms with Gasteiger partial charge in [0.15, 0.2) is 0 Å². The molecule has 4 nitrogen and oxygen atoms in total. The Morgan fingerprint density at radius 1 is 0.348 bits per heavy atom. The Kier molecular flexibility index (Phi) is 41.8. The van der Waals surface area contributed by atoms with E-state index >= 15 is 0 Å². The molecule has 0 saturated heterocycles. The van der Waals surface area contributed by atoms with Crippen LogP contribution in [0.5, 0.6) is 0 Å². The average molecular weight is 5110 g/mol. The van der Waals surface area contributed by atoms with Gasteiger partial charge in [-0.2, -0.15) is 0 Å². The standard InChI is InChI=1S/C37H37BN2.C37H40N2.CH4.I32/c1-22-18-30-32-31(19-22)40-34-26(36(5)16-9-10-17-37(36,40)6)20-23(35(2,3)4)21-28(34)38(32)27-14-11-13-25-24-12-7-8-15-29(24)39(30)33(25)27;1-25-21-27(38-32-15-9-7-13-29(32)30-14-8-10-16-33(30)38)24-28(22-25)39-34-18-17-26(35(2,3)4)23-31(34)36(5)19-11-12-20-37(36,39)6;;1-18(2)20(5)22(7)24(9)26(11)28(13)30(15)32(17)31(16)29(14)27(12)25(10)23(8)21(6)19(3)4/h7-8,11-15,18-21H,9-10,16-17H2,1-6H3;7-10,13-18,21-24H,11-12,19-20H2,1-6H3;1H4;. The normalized spacial score (nSPS) is 21.8. The Labute approximate surface area is 885 Å². The van der Waals surface area contributed by atoms with Gasteiger partial charge in [0.05, 0.1) is 27.6 Å². The van der Waals surface area contributed by atoms with Crippen molar-refractivity contribution >= 4 is 524 Å². The molecule has 112 heavy (non-hydrogen) atoms. The van der Waals surface area contributed by atoms with Gasteiger partial charge in [0.25, 0.3) is 6.71 Å². The van der Waals surface area contributed by atoms with Crippen molar-refractivity contribution in [3.05, 3.63) is 185 Å². The van der Waals surface area contributed by atoms with Crippen LogP contribution in [0.4, 0.5) is 22.7 Å². The first-order chi connectivity index (χ1) is 52.2. The van der Waals surface area contributed by atoms with Gasteiger partial charge in [0.1, 0.15) is 0 Å². The third-order valence-corrected chi connectivity index (χ3v) is 2340. The van der Waals surface area contributed by atoms with E-state index in [-0.39, 0.29) is 46.9 Å². The van der Waals surface area contributed by atoms with E-state index in [4.69, 9.17) is 0 Å². The van der Waals surface area contributed by atoms with Crippen LogP contribution in [0.2, 0.25) is 0 Å². The molecule has 4 unspecified atom stereocenters. The summed E-state index contributed by atoms with van der Waals surface area (Å²) in [5.41, 5.74) is 27.3. The second-order valence-corrected chi connectivity index (χ2v) is 762. The predicted octanol–water partition coefficient (Wildman–Crippen LogP) is 46.4. The van der Waals surface area contributed by atoms with E-state index in [1.54, 1.807) is 5.56 Å². The van der Waals surface area contributed by atoms with Crippen LogP contribution in [-0.4, -0.2) is 26.9 Å². The molecule has 0 amide bonds. The van der Waals surface area contributed by atoms with Crippen LogP contribution in [0.25, 0.3) is 55.0 Å². The summed E-state index contributed by atoms with van der Waals surface area (Å²) in [6, 6.07) is 58.5. The molecule has 16 rings (SSSR count). The maximum atomic E-state index is 3.29. The van der Waals surface area contributed by atoms with Gasteiger partial charge in [0.2, 0.25) is 0 Å². The summed E-state index contributed by atoms with van der Waals surface area (Å²) in [4.78, 5) is 5.57. The zero-order chi connectivity index (χ0) is 80.2. The summed E-state index contributed by atoms with van der Waals surface area (Å²) in [5.74, 6) is 0. The Hall–Kier alpha value is 16.4. The SMILES string of the molecule is C.Cc1cc(N2c3ccc(C(C)(C)C)cc3C3(C)CCCCC23C)cc(-n2c3ccccc3c3ccccc32)c1.Cc1cc2c3c(c1)-n1c4ccccc4c4cccc(c41)B3c1cc(C(C)(C)C)cc3c1N2C1(C)CCCCC31C.II(I)I(I)I(I)I(I)I(I)I(I)I(I)I(I)I(I)I(I)I(I)I(I)I(I)I(I)I(I)I. The third kappa shape index (κ3) is 20.9. The van der Waals surface area contributed by atoms with Crippen LogP contribution >= 0.6 is 435 Å². The van der Waals surface area contributed by atoms with Gasteiger partial charge in [-0.25, -0.2) is 0 Å². The van der Waals surface area contributed by atoms with Crippen LogP contribution in [0.15, 0.2) is 152 Å². The molecule has 6 heterocycles. The van der Waals surface area contributed by atoms with E-state index in [1.165, 1.54) is 173 Å². The Morgan fingerprint density at radius 3 is 1.22 bits per heavy atom. The Balaban J connectivity index is 0.000000148. The van der Waals surface area contributed by atoms with Crippen molar-refractivity contribution in [3.8, 4) is 11.4 Å². The minimum absolute atomic E-state index is 0. The van der Waals surface area contributed by atoms with Gasteiger partial charge in [-0.1, -0.05) is 186 Å². The Bertz CT molecular complexity index is 5110. The summed E-state index contributed by atoms with van der Waals surface area (Å²) in [6.07, 6.45) is 10.2. The van der Waals surface area contributed by atoms with Crippen molar-refractivity contribution in [2.24, 2.45) is 0 Å². The van der Waals surface area contributed by atoms with E-state index in [2.05, 4.69) is 570 Å². The molecular weight excluding hydrogens is 5030 g/mol. The second kappa shape index (κ2) is 44.3. The van der Waals surface area contributed by atoms with Crippen molar-refractivity contribution in [2.45, 2.75) is 175 Å². The van der Waals surface area contributed by atoms with Crippen LogP contribution in [0.3, 0.4) is 0 Å². The van der Waals surface area contributed by atoms with Crippen molar-refractivity contribution < 1.29 is 0 Å². The number of fused-ring (bicyclic) bond motifs is 16. The number of halogens is 32. The third-order valence-electron chi connectivity index (χ3n) is 22.8. The first-order valence-corrected chi connectivity index (χ1v) is 229. The van der Waals surface area contributed by atoms with Gasteiger partial charge >= 0.3 is 435 Å². The molecule has 2 aliphatic carbocycles. The first kappa shape index (κ1) is 106. The molecule has 0 bridgehead atoms. The number of hydrogen-bond acceptors (Lipinski definition) is 2. The summed E-state index contributed by atoms with van der Waals surface area (Å²) >= 11 is 53.7. The molecule has 2 saturated carbocycles. The molecule has 0 spiro atoms. The molecule has 2 aromatic heterocycles. The maximum absolute atomic E-state index is 3.29. The fraction of sp³-hybridized carbons (Fsp3) is 0.360. The van der Waals surface area contributed by atoms with E-state index in [1.807, 2.05) is 0 Å². The molecule has 2 fully saturated rings. The molecule has 6 aliphatic rings. The summed E-state index contributed by atoms with van der Waals surface area (Å²) in [7, 11) is -7.10. The van der Waals surface area contributed by atoms with Crippen LogP contribution in [0.1, 0.15) is 161 Å². The van der Waals surface area contributed by atoms with Gasteiger partial charge < -0.3 is 18.9 Å². The quantitative estimate of drug-likeness (QED) is 0.0708. The van der Waals surface area contributed by atoms with Gasteiger partial charge in [-0.05, 0) is 169 Å². The van der Waals surface area contributed by atoms with E-state index in [0.29, 0.717) is 0 Å². The van der Waals surface area contributed by atoms with Crippen molar-refractivity contribution in [3.63, 3.8) is 0 Å². The fourth-order valence-electron chi connectivity index (χ4n) is 17.5. The number of rotatable bonds is 16. The fourth-order valence-corrected chi connectivity index (χ4v) is 5470. The molecule has 37 heteroatoms. The second-order valence-electron chi connectivity index (χ2n) is 30.6. The van der Waals surface area contributed by atoms with Crippen LogP contribution in [0, 0.1) is 13.8 Å². The van der Waals surface area contributed by atoms with Crippen LogP contribution in [-0.2, 0) is 21.7 Å². The summed E-state index contributed by atoms with van der Waals surface area (Å²) < 4.78 is 5.06. The van der Waals surface area contributed by atoms with Gasteiger partial charge in [0, 0.05) is 72.0 Å². The zero-order valence-corrected chi connectivity index (χ0v) is 130. The van der Waals surface area contributed by atoms with Crippen molar-refractivity contribution in [1.82, 2.24) is 9.13 Å². The number of aryl methyl sites for hydroxylation is 2. The number of benzene rings is 8. The summed E-state index contributed by atoms with van der Waals surface area (Å²) in [5, 5.41) is 5.35. The monoisotopic (exact) mass is 5110 g/mol. The van der Waals surface area contributed by atoms with E-state index in [9.17, 15) is 0 Å². The van der Waals surface area contributed by atoms with Crippen molar-refractivity contribution in [2.75, 3.05) is 9.80 Å². The molecule has 0 radical (unpaired) electrons. The number of aromatic nitrogens is 2. The number of nitrogens with zero attached hydrogens (tertiary/aromatic N) is 4. The summed E-state index contributed by atoms with van der Waals surface area (Å²) in [6.45, 7) is 29.2. The number of hydrogen-bond donors (Lipinski definition) is 0. The molecule has 0 N–H and O–H groups in total. The molecule has 8 aromatic carbocycles. The van der Waals surface area contributed by atoms with E-state index < -0.39 is 118 Å². The average Bonchev–Trinajstić information content (AvgIpc) is 1.47. The number of anilines is 4. The molecule has 4 atom stereocenters. The van der Waals surface area contributed by atoms with E-state index in [0.717, 1.165) is 0 Å². The van der Waals surface area contributed by atoms with Crippen LogP contribution < -0.4 is 26.2 Å². The molecular formula is C75H81BI32N4. The Morgan fingerprint density at radius 2 is 0.741 bits per heavy atom. The first-order valence-electron chi connectivity index (χ1n) is 34.4. The van der Waals surface area contributed by atoms with Gasteiger partial charge in [-0.15, -0.1) is 0 Å². The topological polar surface area (TPSA) is 16.3 Å². The predicted molar refractivity (Wildman–Crippen MR) is 794 cm³/mol. The molecule has 4 aliphatic heterocycles. The van der Waals surface area contributed by atoms with Crippen molar-refractivity contribution in [1.29, 1.82) is 0 Å².